The molecule has 5 heteroatoms. The second-order valence-electron chi connectivity index (χ2n) is 8.62. The number of nitrogens with one attached hydrogen (secondary N) is 1. The molecule has 0 aliphatic rings. The normalized spacial score (nSPS) is 12.8. The maximum Gasteiger partial charge on any atom is 0.373 e. The van der Waals surface area contributed by atoms with Crippen molar-refractivity contribution in [1.29, 1.82) is 0 Å². The SMILES string of the molecule is CB(O)NCCc1cc(CO[Si](C)(C)C(C)(C)C)ccc1C(C)C. The summed E-state index contributed by atoms with van der Waals surface area (Å²) < 4.78 is 6.36. The van der Waals surface area contributed by atoms with Gasteiger partial charge in [0.25, 0.3) is 0 Å². The molecule has 0 radical (unpaired) electrons. The molecule has 0 bridgehead atoms. The zero-order valence-corrected chi connectivity index (χ0v) is 17.9. The minimum Gasteiger partial charge on any atom is -0.437 e. The van der Waals surface area contributed by atoms with Crippen molar-refractivity contribution in [2.45, 2.75) is 78.5 Å². The van der Waals surface area contributed by atoms with Crippen molar-refractivity contribution in [3.63, 3.8) is 0 Å². The lowest BCUT2D eigenvalue weighted by Crippen LogP contribution is -2.40. The molecule has 24 heavy (non-hydrogen) atoms. The van der Waals surface area contributed by atoms with Gasteiger partial charge < -0.3 is 14.7 Å². The lowest BCUT2D eigenvalue weighted by molar-refractivity contribution is 0.276. The van der Waals surface area contributed by atoms with Gasteiger partial charge in [-0.15, -0.1) is 0 Å². The average Bonchev–Trinajstić information content (AvgIpc) is 2.43. The molecule has 0 aromatic heterocycles. The second kappa shape index (κ2) is 8.66. The number of rotatable bonds is 8. The van der Waals surface area contributed by atoms with Crippen LogP contribution in [-0.4, -0.2) is 26.9 Å². The van der Waals surface area contributed by atoms with Crippen LogP contribution >= 0.6 is 0 Å². The molecule has 0 aliphatic carbocycles. The van der Waals surface area contributed by atoms with E-state index in [0.717, 1.165) is 13.0 Å². The van der Waals surface area contributed by atoms with E-state index in [0.29, 0.717) is 12.5 Å². The Kier molecular flexibility index (Phi) is 7.73. The Morgan fingerprint density at radius 1 is 1.25 bits per heavy atom. The maximum absolute atomic E-state index is 9.39. The summed E-state index contributed by atoms with van der Waals surface area (Å²) in [5, 5.41) is 12.7. The van der Waals surface area contributed by atoms with Crippen molar-refractivity contribution < 1.29 is 9.45 Å². The van der Waals surface area contributed by atoms with Gasteiger partial charge in [0.1, 0.15) is 0 Å². The molecule has 1 rings (SSSR count). The van der Waals surface area contributed by atoms with Gasteiger partial charge in [-0.05, 0) is 60.5 Å². The molecule has 0 spiro atoms. The fourth-order valence-corrected chi connectivity index (χ4v) is 3.39. The highest BCUT2D eigenvalue weighted by atomic mass is 28.4. The third-order valence-electron chi connectivity index (χ3n) is 5.07. The Bertz CT molecular complexity index is 525. The molecular formula is C19H36BNO2Si. The Balaban J connectivity index is 2.86. The van der Waals surface area contributed by atoms with Crippen molar-refractivity contribution in [1.82, 2.24) is 5.23 Å². The summed E-state index contributed by atoms with van der Waals surface area (Å²) >= 11 is 0. The van der Waals surface area contributed by atoms with Crippen LogP contribution in [0.25, 0.3) is 0 Å². The quantitative estimate of drug-likeness (QED) is 0.675. The van der Waals surface area contributed by atoms with Crippen molar-refractivity contribution in [2.24, 2.45) is 0 Å². The summed E-state index contributed by atoms with van der Waals surface area (Å²) in [5.41, 5.74) is 3.99. The first kappa shape index (κ1) is 21.4. The van der Waals surface area contributed by atoms with Crippen LogP contribution in [0.3, 0.4) is 0 Å². The summed E-state index contributed by atoms with van der Waals surface area (Å²) in [6.45, 7) is 19.1. The Hall–Kier alpha value is -0.618. The van der Waals surface area contributed by atoms with Crippen LogP contribution in [0, 0.1) is 0 Å². The zero-order chi connectivity index (χ0) is 18.5. The third kappa shape index (κ3) is 6.36. The van der Waals surface area contributed by atoms with Crippen molar-refractivity contribution in [3.8, 4) is 0 Å². The predicted molar refractivity (Wildman–Crippen MR) is 108 cm³/mol. The first-order valence-electron chi connectivity index (χ1n) is 9.11. The lowest BCUT2D eigenvalue weighted by atomic mass is 9.88. The summed E-state index contributed by atoms with van der Waals surface area (Å²) in [5.74, 6) is 0.502. The second-order valence-corrected chi connectivity index (χ2v) is 13.4. The van der Waals surface area contributed by atoms with Crippen LogP contribution in [-0.2, 0) is 17.5 Å². The van der Waals surface area contributed by atoms with E-state index in [1.54, 1.807) is 6.82 Å². The van der Waals surface area contributed by atoms with Crippen LogP contribution < -0.4 is 5.23 Å². The molecular weight excluding hydrogens is 313 g/mol. The molecule has 0 saturated heterocycles. The molecule has 0 heterocycles. The highest BCUT2D eigenvalue weighted by Crippen LogP contribution is 2.37. The molecule has 3 nitrogen and oxygen atoms in total. The predicted octanol–water partition coefficient (Wildman–Crippen LogP) is 4.57. The molecule has 2 N–H and O–H groups in total. The van der Waals surface area contributed by atoms with Gasteiger partial charge in [0, 0.05) is 0 Å². The van der Waals surface area contributed by atoms with Gasteiger partial charge in [0.15, 0.2) is 8.32 Å². The summed E-state index contributed by atoms with van der Waals surface area (Å²) in [6.07, 6.45) is 0.923. The Morgan fingerprint density at radius 3 is 2.38 bits per heavy atom. The number of hydrogen-bond acceptors (Lipinski definition) is 3. The van der Waals surface area contributed by atoms with E-state index in [-0.39, 0.29) is 5.04 Å². The molecule has 0 unspecified atom stereocenters. The van der Waals surface area contributed by atoms with Gasteiger partial charge in [-0.1, -0.05) is 52.8 Å². The van der Waals surface area contributed by atoms with Gasteiger partial charge in [0.2, 0.25) is 0 Å². The summed E-state index contributed by atoms with van der Waals surface area (Å²) in [7, 11) is -2.19. The van der Waals surface area contributed by atoms with E-state index in [9.17, 15) is 5.02 Å². The van der Waals surface area contributed by atoms with Crippen molar-refractivity contribution >= 4 is 15.4 Å². The largest absolute Gasteiger partial charge is 0.437 e. The Labute approximate surface area is 150 Å². The fourth-order valence-electron chi connectivity index (χ4n) is 2.42. The third-order valence-corrected chi connectivity index (χ3v) is 9.55. The monoisotopic (exact) mass is 349 g/mol. The first-order valence-corrected chi connectivity index (χ1v) is 12.0. The molecule has 0 amide bonds. The molecule has 0 aliphatic heterocycles. The van der Waals surface area contributed by atoms with Crippen LogP contribution in [0.15, 0.2) is 18.2 Å². The average molecular weight is 349 g/mol. The van der Waals surface area contributed by atoms with E-state index in [2.05, 4.69) is 71.1 Å². The number of benzene rings is 1. The zero-order valence-electron chi connectivity index (χ0n) is 16.9. The fraction of sp³-hybridized carbons (Fsp3) is 0.684. The topological polar surface area (TPSA) is 41.5 Å². The highest BCUT2D eigenvalue weighted by Gasteiger charge is 2.37. The van der Waals surface area contributed by atoms with Crippen LogP contribution in [0.1, 0.15) is 57.2 Å². The smallest absolute Gasteiger partial charge is 0.373 e. The van der Waals surface area contributed by atoms with E-state index in [1.807, 2.05) is 0 Å². The molecule has 136 valence electrons. The van der Waals surface area contributed by atoms with E-state index in [4.69, 9.17) is 4.43 Å². The first-order chi connectivity index (χ1) is 10.9. The molecule has 0 atom stereocenters. The molecule has 0 saturated carbocycles. The maximum atomic E-state index is 9.39. The Morgan fingerprint density at radius 2 is 1.88 bits per heavy atom. The van der Waals surface area contributed by atoms with Crippen molar-refractivity contribution in [3.05, 3.63) is 34.9 Å². The number of hydrogen-bond donors (Lipinski definition) is 2. The van der Waals surface area contributed by atoms with Gasteiger partial charge in [-0.2, -0.15) is 0 Å². The standard InChI is InChI=1S/C19H36BNO2Si/c1-15(2)18-10-9-16(13-17(18)11-12-21-20(6)22)14-23-24(7,8)19(3,4)5/h9-10,13,15,21-22H,11-12,14H2,1-8H3. The van der Waals surface area contributed by atoms with Gasteiger partial charge in [0.05, 0.1) is 6.61 Å². The van der Waals surface area contributed by atoms with E-state index >= 15 is 0 Å². The minimum atomic E-state index is -1.73. The summed E-state index contributed by atoms with van der Waals surface area (Å²) in [4.78, 5) is 0. The summed E-state index contributed by atoms with van der Waals surface area (Å²) in [6, 6.07) is 6.73. The highest BCUT2D eigenvalue weighted by molar-refractivity contribution is 6.74. The van der Waals surface area contributed by atoms with Crippen LogP contribution in [0.2, 0.25) is 25.0 Å². The van der Waals surface area contributed by atoms with Gasteiger partial charge >= 0.3 is 7.05 Å². The van der Waals surface area contributed by atoms with Crippen LogP contribution in [0.4, 0.5) is 0 Å². The van der Waals surface area contributed by atoms with Gasteiger partial charge in [-0.25, -0.2) is 0 Å². The minimum absolute atomic E-state index is 0.231. The van der Waals surface area contributed by atoms with Crippen LogP contribution in [0.5, 0.6) is 0 Å². The van der Waals surface area contributed by atoms with E-state index < -0.39 is 15.4 Å². The van der Waals surface area contributed by atoms with E-state index in [1.165, 1.54) is 16.7 Å². The lowest BCUT2D eigenvalue weighted by Gasteiger charge is -2.36. The van der Waals surface area contributed by atoms with Crippen molar-refractivity contribution in [2.75, 3.05) is 6.54 Å². The van der Waals surface area contributed by atoms with Gasteiger partial charge in [-0.3, -0.25) is 0 Å². The molecule has 0 fully saturated rings. The molecule has 1 aromatic rings. The molecule has 1 aromatic carbocycles.